The fourth-order valence-electron chi connectivity index (χ4n) is 1.33. The number of nitrogens with zero attached hydrogens (tertiary/aromatic N) is 2. The number of rotatable bonds is 3. The summed E-state index contributed by atoms with van der Waals surface area (Å²) in [6.45, 7) is 0. The number of carbonyl (C=O) groups excluding carboxylic acids is 1. The van der Waals surface area contributed by atoms with E-state index in [-0.39, 0.29) is 5.69 Å². The summed E-state index contributed by atoms with van der Waals surface area (Å²) in [6.07, 6.45) is 0. The van der Waals surface area contributed by atoms with E-state index in [4.69, 9.17) is 27.9 Å². The average Bonchev–Trinajstić information content (AvgIpc) is 2.43. The molecule has 1 amide bonds. The first-order chi connectivity index (χ1) is 9.10. The molecule has 0 atom stereocenters. The largest absolute Gasteiger partial charge is 0.480 e. The van der Waals surface area contributed by atoms with Gasteiger partial charge >= 0.3 is 0 Å². The van der Waals surface area contributed by atoms with Gasteiger partial charge in [0.05, 0.1) is 17.8 Å². The minimum atomic E-state index is -0.431. The molecule has 0 aliphatic carbocycles. The number of hydrogen-bond acceptors (Lipinski definition) is 4. The number of amides is 1. The maximum absolute atomic E-state index is 11.9. The van der Waals surface area contributed by atoms with Crippen molar-refractivity contribution in [1.82, 2.24) is 10.2 Å². The second kappa shape index (κ2) is 5.86. The van der Waals surface area contributed by atoms with E-state index < -0.39 is 5.91 Å². The zero-order chi connectivity index (χ0) is 13.8. The first-order valence-corrected chi connectivity index (χ1v) is 6.00. The summed E-state index contributed by atoms with van der Waals surface area (Å²) in [4.78, 5) is 11.9. The Morgan fingerprint density at radius 1 is 1.21 bits per heavy atom. The summed E-state index contributed by atoms with van der Waals surface area (Å²) >= 11 is 11.8. The molecule has 0 fully saturated rings. The highest BCUT2D eigenvalue weighted by atomic mass is 35.5. The highest BCUT2D eigenvalue weighted by Gasteiger charge is 2.11. The molecule has 5 nitrogen and oxygen atoms in total. The van der Waals surface area contributed by atoms with Gasteiger partial charge in [0.1, 0.15) is 0 Å². The number of halogens is 2. The van der Waals surface area contributed by atoms with Crippen molar-refractivity contribution in [1.29, 1.82) is 0 Å². The van der Waals surface area contributed by atoms with Crippen LogP contribution in [0, 0.1) is 0 Å². The van der Waals surface area contributed by atoms with Crippen LogP contribution in [0.25, 0.3) is 0 Å². The molecule has 0 radical (unpaired) electrons. The van der Waals surface area contributed by atoms with Gasteiger partial charge in [-0.3, -0.25) is 4.79 Å². The molecule has 1 N–H and O–H groups in total. The van der Waals surface area contributed by atoms with Crippen molar-refractivity contribution < 1.29 is 9.53 Å². The highest BCUT2D eigenvalue weighted by Crippen LogP contribution is 2.25. The molecular formula is C12H9Cl2N3O2. The van der Waals surface area contributed by atoms with Crippen LogP contribution in [0.4, 0.5) is 5.69 Å². The van der Waals surface area contributed by atoms with Crippen molar-refractivity contribution in [2.75, 3.05) is 12.4 Å². The molecule has 19 heavy (non-hydrogen) atoms. The number of hydrogen-bond donors (Lipinski definition) is 1. The minimum absolute atomic E-state index is 0.150. The summed E-state index contributed by atoms with van der Waals surface area (Å²) in [5.74, 6) is -0.100. The smallest absolute Gasteiger partial charge is 0.276 e. The molecule has 0 aliphatic heterocycles. The van der Waals surface area contributed by atoms with Crippen molar-refractivity contribution in [2.24, 2.45) is 0 Å². The van der Waals surface area contributed by atoms with Crippen LogP contribution in [0.1, 0.15) is 10.5 Å². The molecule has 7 heteroatoms. The molecule has 0 spiro atoms. The summed E-state index contributed by atoms with van der Waals surface area (Å²) in [6, 6.07) is 7.83. The molecule has 98 valence electrons. The van der Waals surface area contributed by atoms with E-state index in [1.807, 2.05) is 0 Å². The van der Waals surface area contributed by atoms with Crippen LogP contribution in [0.15, 0.2) is 30.3 Å². The van der Waals surface area contributed by atoms with Crippen molar-refractivity contribution in [3.05, 3.63) is 46.1 Å². The quantitative estimate of drug-likeness (QED) is 0.946. The van der Waals surface area contributed by atoms with Gasteiger partial charge in [-0.25, -0.2) is 0 Å². The van der Waals surface area contributed by atoms with E-state index in [1.54, 1.807) is 24.3 Å². The van der Waals surface area contributed by atoms with Gasteiger partial charge in [0.25, 0.3) is 5.91 Å². The summed E-state index contributed by atoms with van der Waals surface area (Å²) in [5.41, 5.74) is 0.564. The van der Waals surface area contributed by atoms with Crippen molar-refractivity contribution in [3.8, 4) is 5.88 Å². The second-order valence-electron chi connectivity index (χ2n) is 3.54. The average molecular weight is 298 g/mol. The second-order valence-corrected chi connectivity index (χ2v) is 4.38. The summed E-state index contributed by atoms with van der Waals surface area (Å²) in [5, 5.41) is 10.9. The Morgan fingerprint density at radius 2 is 2.00 bits per heavy atom. The van der Waals surface area contributed by atoms with Gasteiger partial charge < -0.3 is 10.1 Å². The molecule has 1 heterocycles. The number of benzene rings is 1. The lowest BCUT2D eigenvalue weighted by molar-refractivity contribution is 0.102. The van der Waals surface area contributed by atoms with Crippen molar-refractivity contribution in [2.45, 2.75) is 0 Å². The standard InChI is InChI=1S/C12H9Cl2N3O2/c1-19-11-5-4-9(16-17-11)12(18)15-10-6-7(13)2-3-8(10)14/h2-6H,1H3,(H,15,18). The van der Waals surface area contributed by atoms with E-state index >= 15 is 0 Å². The van der Waals surface area contributed by atoms with Gasteiger partial charge in [0.15, 0.2) is 5.69 Å². The minimum Gasteiger partial charge on any atom is -0.480 e. The molecule has 0 bridgehead atoms. The van der Waals surface area contributed by atoms with Crippen LogP contribution < -0.4 is 10.1 Å². The highest BCUT2D eigenvalue weighted by molar-refractivity contribution is 6.35. The molecule has 0 unspecified atom stereocenters. The van der Waals surface area contributed by atoms with Gasteiger partial charge in [-0.15, -0.1) is 10.2 Å². The van der Waals surface area contributed by atoms with Gasteiger partial charge in [-0.05, 0) is 24.3 Å². The third-order valence-electron chi connectivity index (χ3n) is 2.26. The van der Waals surface area contributed by atoms with E-state index in [9.17, 15) is 4.79 Å². The maximum atomic E-state index is 11.9. The first kappa shape index (κ1) is 13.6. The Labute approximate surface area is 119 Å². The van der Waals surface area contributed by atoms with Gasteiger partial charge in [0.2, 0.25) is 5.88 Å². The SMILES string of the molecule is COc1ccc(C(=O)Nc2cc(Cl)ccc2Cl)nn1. The normalized spacial score (nSPS) is 10.1. The molecule has 0 saturated heterocycles. The summed E-state index contributed by atoms with van der Waals surface area (Å²) in [7, 11) is 1.47. The first-order valence-electron chi connectivity index (χ1n) is 5.24. The van der Waals surface area contributed by atoms with Crippen molar-refractivity contribution in [3.63, 3.8) is 0 Å². The molecule has 0 aliphatic rings. The Balaban J connectivity index is 2.18. The molecule has 0 saturated carbocycles. The number of methoxy groups -OCH3 is 1. The number of aromatic nitrogens is 2. The number of ether oxygens (including phenoxy) is 1. The Kier molecular flexibility index (Phi) is 4.19. The molecule has 2 rings (SSSR count). The van der Waals surface area contributed by atoms with Crippen LogP contribution in [-0.2, 0) is 0 Å². The van der Waals surface area contributed by atoms with E-state index in [1.165, 1.54) is 13.2 Å². The van der Waals surface area contributed by atoms with Crippen LogP contribution in [0.2, 0.25) is 10.0 Å². The Morgan fingerprint density at radius 3 is 2.63 bits per heavy atom. The lowest BCUT2D eigenvalue weighted by Gasteiger charge is -2.07. The molecule has 1 aromatic carbocycles. The topological polar surface area (TPSA) is 64.1 Å². The predicted octanol–water partition coefficient (Wildman–Crippen LogP) is 3.04. The summed E-state index contributed by atoms with van der Waals surface area (Å²) < 4.78 is 4.86. The Bertz CT molecular complexity index is 602. The lowest BCUT2D eigenvalue weighted by Crippen LogP contribution is -2.14. The number of carbonyl (C=O) groups is 1. The van der Waals surface area contributed by atoms with Gasteiger partial charge in [-0.2, -0.15) is 0 Å². The van der Waals surface area contributed by atoms with E-state index in [2.05, 4.69) is 15.5 Å². The Hall–Kier alpha value is -1.85. The lowest BCUT2D eigenvalue weighted by atomic mass is 10.3. The fourth-order valence-corrected chi connectivity index (χ4v) is 1.67. The van der Waals surface area contributed by atoms with Crippen LogP contribution in [0.5, 0.6) is 5.88 Å². The monoisotopic (exact) mass is 297 g/mol. The van der Waals surface area contributed by atoms with Crippen LogP contribution in [0.3, 0.4) is 0 Å². The molecule has 1 aromatic heterocycles. The van der Waals surface area contributed by atoms with E-state index in [0.717, 1.165) is 0 Å². The predicted molar refractivity (Wildman–Crippen MR) is 73.0 cm³/mol. The molecule has 2 aromatic rings. The van der Waals surface area contributed by atoms with E-state index in [0.29, 0.717) is 21.6 Å². The van der Waals surface area contributed by atoms with Gasteiger partial charge in [-0.1, -0.05) is 23.2 Å². The number of anilines is 1. The third kappa shape index (κ3) is 3.33. The van der Waals surface area contributed by atoms with Gasteiger partial charge in [0, 0.05) is 11.1 Å². The van der Waals surface area contributed by atoms with Crippen LogP contribution >= 0.6 is 23.2 Å². The third-order valence-corrected chi connectivity index (χ3v) is 2.82. The zero-order valence-corrected chi connectivity index (χ0v) is 11.4. The maximum Gasteiger partial charge on any atom is 0.276 e. The number of nitrogens with one attached hydrogen (secondary N) is 1. The zero-order valence-electron chi connectivity index (χ0n) is 9.85. The molecular weight excluding hydrogens is 289 g/mol. The van der Waals surface area contributed by atoms with Crippen LogP contribution in [-0.4, -0.2) is 23.2 Å². The van der Waals surface area contributed by atoms with Crippen molar-refractivity contribution >= 4 is 34.8 Å². The fraction of sp³-hybridized carbons (Fsp3) is 0.0833.